The van der Waals surface area contributed by atoms with Crippen LogP contribution in [0.4, 0.5) is 5.82 Å². The molecule has 1 saturated carbocycles. The Hall–Kier alpha value is -1.81. The Bertz CT molecular complexity index is 616. The fourth-order valence-corrected chi connectivity index (χ4v) is 2.43. The average Bonchev–Trinajstić information content (AvgIpc) is 3.21. The molecule has 0 aromatic carbocycles. The number of anilines is 1. The van der Waals surface area contributed by atoms with Crippen LogP contribution < -0.4 is 10.2 Å². The Morgan fingerprint density at radius 3 is 2.67 bits per heavy atom. The first-order valence-corrected chi connectivity index (χ1v) is 7.57. The van der Waals surface area contributed by atoms with Crippen molar-refractivity contribution in [2.45, 2.75) is 45.8 Å². The van der Waals surface area contributed by atoms with Gasteiger partial charge < -0.3 is 14.6 Å². The highest BCUT2D eigenvalue weighted by molar-refractivity contribution is 5.42. The molecule has 2 heterocycles. The van der Waals surface area contributed by atoms with Crippen LogP contribution >= 0.6 is 0 Å². The van der Waals surface area contributed by atoms with Crippen LogP contribution in [0.3, 0.4) is 0 Å². The molecule has 4 heteroatoms. The lowest BCUT2D eigenvalue weighted by Crippen LogP contribution is -2.20. The van der Waals surface area contributed by atoms with Crippen molar-refractivity contribution in [1.82, 2.24) is 10.3 Å². The zero-order valence-corrected chi connectivity index (χ0v) is 13.0. The van der Waals surface area contributed by atoms with Crippen molar-refractivity contribution < 1.29 is 4.42 Å². The second kappa shape index (κ2) is 5.90. The number of aryl methyl sites for hydroxylation is 2. The van der Waals surface area contributed by atoms with Gasteiger partial charge in [-0.3, -0.25) is 0 Å². The van der Waals surface area contributed by atoms with Gasteiger partial charge in [-0.05, 0) is 44.4 Å². The molecular formula is C17H23N3O. The SMILES string of the molecule is Cc1nc(N(C)Cc2ccoc2C)ccc1CNC1CC1. The van der Waals surface area contributed by atoms with Crippen molar-refractivity contribution in [2.75, 3.05) is 11.9 Å². The molecule has 112 valence electrons. The van der Waals surface area contributed by atoms with E-state index in [0.29, 0.717) is 0 Å². The van der Waals surface area contributed by atoms with Crippen LogP contribution in [0.25, 0.3) is 0 Å². The minimum absolute atomic E-state index is 0.732. The summed E-state index contributed by atoms with van der Waals surface area (Å²) < 4.78 is 5.35. The first kappa shape index (κ1) is 14.1. The highest BCUT2D eigenvalue weighted by Gasteiger charge is 2.20. The van der Waals surface area contributed by atoms with Crippen LogP contribution in [-0.2, 0) is 13.1 Å². The first-order valence-electron chi connectivity index (χ1n) is 7.57. The van der Waals surface area contributed by atoms with Crippen LogP contribution in [0.1, 0.15) is 35.4 Å². The van der Waals surface area contributed by atoms with Gasteiger partial charge in [0.05, 0.1) is 6.26 Å². The summed E-state index contributed by atoms with van der Waals surface area (Å²) in [6.07, 6.45) is 4.37. The van der Waals surface area contributed by atoms with Gasteiger partial charge >= 0.3 is 0 Å². The van der Waals surface area contributed by atoms with Crippen molar-refractivity contribution >= 4 is 5.82 Å². The molecule has 2 aromatic rings. The van der Waals surface area contributed by atoms with Crippen LogP contribution in [0, 0.1) is 13.8 Å². The van der Waals surface area contributed by atoms with Gasteiger partial charge in [-0.25, -0.2) is 4.98 Å². The third-order valence-corrected chi connectivity index (χ3v) is 4.10. The largest absolute Gasteiger partial charge is 0.469 e. The number of nitrogens with zero attached hydrogens (tertiary/aromatic N) is 2. The van der Waals surface area contributed by atoms with Gasteiger partial charge in [0.15, 0.2) is 0 Å². The molecule has 4 nitrogen and oxygen atoms in total. The van der Waals surface area contributed by atoms with Crippen LogP contribution in [0.15, 0.2) is 28.9 Å². The van der Waals surface area contributed by atoms with E-state index in [2.05, 4.69) is 36.3 Å². The maximum Gasteiger partial charge on any atom is 0.128 e. The first-order chi connectivity index (χ1) is 10.1. The van der Waals surface area contributed by atoms with Crippen LogP contribution in [-0.4, -0.2) is 18.1 Å². The molecule has 0 aliphatic heterocycles. The number of nitrogens with one attached hydrogen (secondary N) is 1. The average molecular weight is 285 g/mol. The summed E-state index contributed by atoms with van der Waals surface area (Å²) in [5, 5.41) is 3.54. The summed E-state index contributed by atoms with van der Waals surface area (Å²) in [5.41, 5.74) is 3.60. The van der Waals surface area contributed by atoms with Gasteiger partial charge in [-0.1, -0.05) is 6.07 Å². The number of hydrogen-bond donors (Lipinski definition) is 1. The van der Waals surface area contributed by atoms with Gasteiger partial charge in [0.25, 0.3) is 0 Å². The van der Waals surface area contributed by atoms with E-state index in [0.717, 1.165) is 36.4 Å². The maximum atomic E-state index is 5.35. The Morgan fingerprint density at radius 2 is 2.05 bits per heavy atom. The van der Waals surface area contributed by atoms with E-state index in [1.807, 2.05) is 13.0 Å². The third-order valence-electron chi connectivity index (χ3n) is 4.10. The monoisotopic (exact) mass is 285 g/mol. The molecule has 1 aliphatic rings. The minimum atomic E-state index is 0.732. The molecular weight excluding hydrogens is 262 g/mol. The molecule has 21 heavy (non-hydrogen) atoms. The molecule has 1 N–H and O–H groups in total. The second-order valence-corrected chi connectivity index (χ2v) is 5.93. The Morgan fingerprint density at radius 1 is 1.24 bits per heavy atom. The standard InChI is InChI=1S/C17H23N3O/c1-12-14(10-18-16-5-6-16)4-7-17(19-12)20(3)11-15-8-9-21-13(15)2/h4,7-9,16,18H,5-6,10-11H2,1-3H3. The Balaban J connectivity index is 1.66. The Labute approximate surface area is 126 Å². The molecule has 0 spiro atoms. The zero-order chi connectivity index (χ0) is 14.8. The lowest BCUT2D eigenvalue weighted by molar-refractivity contribution is 0.529. The molecule has 2 aromatic heterocycles. The maximum absolute atomic E-state index is 5.35. The molecule has 3 rings (SSSR count). The predicted molar refractivity (Wildman–Crippen MR) is 84.4 cm³/mol. The van der Waals surface area contributed by atoms with Crippen LogP contribution in [0.2, 0.25) is 0 Å². The molecule has 1 fully saturated rings. The summed E-state index contributed by atoms with van der Waals surface area (Å²) in [7, 11) is 2.07. The molecule has 0 bridgehead atoms. The van der Waals surface area contributed by atoms with E-state index in [4.69, 9.17) is 9.40 Å². The van der Waals surface area contributed by atoms with Gasteiger partial charge in [-0.15, -0.1) is 0 Å². The highest BCUT2D eigenvalue weighted by atomic mass is 16.3. The van der Waals surface area contributed by atoms with Crippen molar-refractivity contribution in [3.05, 3.63) is 47.0 Å². The molecule has 0 saturated heterocycles. The quantitative estimate of drug-likeness (QED) is 0.885. The molecule has 1 aliphatic carbocycles. The topological polar surface area (TPSA) is 41.3 Å². The van der Waals surface area contributed by atoms with E-state index >= 15 is 0 Å². The van der Waals surface area contributed by atoms with E-state index in [1.54, 1.807) is 6.26 Å². The van der Waals surface area contributed by atoms with Crippen molar-refractivity contribution in [3.8, 4) is 0 Å². The number of aromatic nitrogens is 1. The summed E-state index contributed by atoms with van der Waals surface area (Å²) >= 11 is 0. The van der Waals surface area contributed by atoms with E-state index in [-0.39, 0.29) is 0 Å². The lowest BCUT2D eigenvalue weighted by atomic mass is 10.2. The fourth-order valence-electron chi connectivity index (χ4n) is 2.43. The third kappa shape index (κ3) is 3.45. The van der Waals surface area contributed by atoms with Crippen LogP contribution in [0.5, 0.6) is 0 Å². The van der Waals surface area contributed by atoms with Gasteiger partial charge in [0, 0.05) is 37.4 Å². The molecule has 0 amide bonds. The summed E-state index contributed by atoms with van der Waals surface area (Å²) in [6, 6.07) is 7.04. The van der Waals surface area contributed by atoms with Crippen molar-refractivity contribution in [2.24, 2.45) is 0 Å². The summed E-state index contributed by atoms with van der Waals surface area (Å²) in [4.78, 5) is 6.89. The van der Waals surface area contributed by atoms with E-state index in [9.17, 15) is 0 Å². The van der Waals surface area contributed by atoms with Gasteiger partial charge in [0.2, 0.25) is 0 Å². The highest BCUT2D eigenvalue weighted by Crippen LogP contribution is 2.21. The summed E-state index contributed by atoms with van der Waals surface area (Å²) in [6.45, 7) is 5.82. The molecule has 0 radical (unpaired) electrons. The van der Waals surface area contributed by atoms with Gasteiger partial charge in [0.1, 0.15) is 11.6 Å². The van der Waals surface area contributed by atoms with E-state index in [1.165, 1.54) is 24.0 Å². The number of furan rings is 1. The fraction of sp³-hybridized carbons (Fsp3) is 0.471. The lowest BCUT2D eigenvalue weighted by Gasteiger charge is -2.19. The summed E-state index contributed by atoms with van der Waals surface area (Å²) in [5.74, 6) is 1.98. The van der Waals surface area contributed by atoms with Crippen molar-refractivity contribution in [3.63, 3.8) is 0 Å². The molecule has 0 atom stereocenters. The number of hydrogen-bond acceptors (Lipinski definition) is 4. The van der Waals surface area contributed by atoms with Gasteiger partial charge in [-0.2, -0.15) is 0 Å². The minimum Gasteiger partial charge on any atom is -0.469 e. The molecule has 0 unspecified atom stereocenters. The second-order valence-electron chi connectivity index (χ2n) is 5.93. The smallest absolute Gasteiger partial charge is 0.128 e. The number of rotatable bonds is 6. The zero-order valence-electron chi connectivity index (χ0n) is 13.0. The normalized spacial score (nSPS) is 14.4. The Kier molecular flexibility index (Phi) is 3.97. The predicted octanol–water partition coefficient (Wildman–Crippen LogP) is 3.18. The van der Waals surface area contributed by atoms with Crippen molar-refractivity contribution in [1.29, 1.82) is 0 Å². The van der Waals surface area contributed by atoms with E-state index < -0.39 is 0 Å². The number of pyridine rings is 1.